The summed E-state index contributed by atoms with van der Waals surface area (Å²) >= 11 is 5.72. The van der Waals surface area contributed by atoms with E-state index in [4.69, 9.17) is 11.6 Å². The monoisotopic (exact) mass is 441 g/mol. The Bertz CT molecular complexity index is 906. The molecule has 0 unspecified atom stereocenters. The number of rotatable bonds is 6. The smallest absolute Gasteiger partial charge is 0.323 e. The van der Waals surface area contributed by atoms with Crippen LogP contribution in [-0.4, -0.2) is 45.9 Å². The number of anilines is 2. The van der Waals surface area contributed by atoms with Gasteiger partial charge in [-0.25, -0.2) is 14.8 Å². The highest BCUT2D eigenvalue weighted by molar-refractivity contribution is 6.29. The molecule has 1 saturated heterocycles. The van der Waals surface area contributed by atoms with Gasteiger partial charge in [0.1, 0.15) is 17.4 Å². The summed E-state index contributed by atoms with van der Waals surface area (Å²) in [6, 6.07) is 4.44. The number of alkyl halides is 3. The van der Waals surface area contributed by atoms with E-state index in [1.54, 1.807) is 6.07 Å². The number of hydrogen-bond acceptors (Lipinski definition) is 4. The van der Waals surface area contributed by atoms with E-state index in [1.807, 2.05) is 6.92 Å². The molecule has 1 N–H and O–H groups in total. The van der Waals surface area contributed by atoms with Crippen molar-refractivity contribution in [2.24, 2.45) is 0 Å². The predicted molar refractivity (Wildman–Crippen MR) is 105 cm³/mol. The van der Waals surface area contributed by atoms with Gasteiger partial charge in [-0.3, -0.25) is 9.69 Å². The number of amides is 3. The van der Waals surface area contributed by atoms with Crippen molar-refractivity contribution in [2.75, 3.05) is 23.3 Å². The third kappa shape index (κ3) is 4.99. The zero-order valence-corrected chi connectivity index (χ0v) is 16.7. The Kier molecular flexibility index (Phi) is 6.45. The van der Waals surface area contributed by atoms with Crippen LogP contribution in [0.15, 0.2) is 36.7 Å². The van der Waals surface area contributed by atoms with Crippen LogP contribution < -0.4 is 10.2 Å². The lowest BCUT2D eigenvalue weighted by Crippen LogP contribution is -2.40. The van der Waals surface area contributed by atoms with E-state index in [2.05, 4.69) is 15.3 Å². The molecule has 0 radical (unpaired) electrons. The van der Waals surface area contributed by atoms with Crippen LogP contribution in [0.3, 0.4) is 0 Å². The highest BCUT2D eigenvalue weighted by atomic mass is 35.5. The summed E-state index contributed by atoms with van der Waals surface area (Å²) in [5.74, 6) is -0.416. The minimum Gasteiger partial charge on any atom is -0.323 e. The van der Waals surface area contributed by atoms with Gasteiger partial charge in [-0.1, -0.05) is 24.9 Å². The molecule has 11 heteroatoms. The van der Waals surface area contributed by atoms with E-state index in [-0.39, 0.29) is 30.0 Å². The van der Waals surface area contributed by atoms with Crippen molar-refractivity contribution >= 4 is 34.9 Å². The summed E-state index contributed by atoms with van der Waals surface area (Å²) in [6.45, 7) is 2.01. The first-order valence-electron chi connectivity index (χ1n) is 9.22. The Morgan fingerprint density at radius 3 is 2.57 bits per heavy atom. The average Bonchev–Trinajstić information content (AvgIpc) is 2.99. The maximum Gasteiger partial charge on any atom is 0.433 e. The quantitative estimate of drug-likeness (QED) is 0.681. The number of pyridine rings is 2. The fraction of sp³-hybridized carbons (Fsp3) is 0.368. The fourth-order valence-corrected chi connectivity index (χ4v) is 3.32. The summed E-state index contributed by atoms with van der Waals surface area (Å²) in [7, 11) is 0. The van der Waals surface area contributed by atoms with Gasteiger partial charge in [-0.15, -0.1) is 0 Å². The number of nitrogens with one attached hydrogen (secondary N) is 1. The van der Waals surface area contributed by atoms with Crippen LogP contribution >= 0.6 is 11.6 Å². The molecule has 0 aromatic carbocycles. The van der Waals surface area contributed by atoms with Crippen LogP contribution in [0.25, 0.3) is 0 Å². The predicted octanol–water partition coefficient (Wildman–Crippen LogP) is 4.20. The molecule has 1 atom stereocenters. The average molecular weight is 442 g/mol. The second-order valence-electron chi connectivity index (χ2n) is 6.78. The fourth-order valence-electron chi connectivity index (χ4n) is 3.21. The highest BCUT2D eigenvalue weighted by Crippen LogP contribution is 2.30. The van der Waals surface area contributed by atoms with Crippen LogP contribution in [0.5, 0.6) is 0 Å². The topological polar surface area (TPSA) is 78.4 Å². The Morgan fingerprint density at radius 2 is 2.00 bits per heavy atom. The number of carbonyl (C=O) groups is 2. The number of halogens is 4. The van der Waals surface area contributed by atoms with Gasteiger partial charge >= 0.3 is 12.2 Å². The summed E-state index contributed by atoms with van der Waals surface area (Å²) in [5.41, 5.74) is -0.346. The maximum atomic E-state index is 12.9. The number of carbonyl (C=O) groups excluding carboxylic acids is 2. The molecule has 3 heterocycles. The molecule has 2 aromatic rings. The maximum absolute atomic E-state index is 12.9. The van der Waals surface area contributed by atoms with Crippen molar-refractivity contribution in [2.45, 2.75) is 32.0 Å². The largest absolute Gasteiger partial charge is 0.433 e. The lowest BCUT2D eigenvalue weighted by atomic mass is 10.1. The standard InChI is InChI=1S/C19H19ClF3N5O2/c1-2-3-14-10-27(13-5-6-15(24-9-13)19(21,22)23)18(30)28(14)11-17(29)26-12-4-7-16(20)25-8-12/h4-9,14H,2-3,10-11H2,1H3,(H,26,29)/t14-/m0/s1. The van der Waals surface area contributed by atoms with Crippen molar-refractivity contribution in [1.82, 2.24) is 14.9 Å². The van der Waals surface area contributed by atoms with Gasteiger partial charge in [-0.05, 0) is 30.7 Å². The van der Waals surface area contributed by atoms with E-state index in [1.165, 1.54) is 28.1 Å². The molecular formula is C19H19ClF3N5O2. The lowest BCUT2D eigenvalue weighted by Gasteiger charge is -2.22. The summed E-state index contributed by atoms with van der Waals surface area (Å²) in [6.07, 6.45) is -0.719. The molecule has 3 amide bonds. The summed E-state index contributed by atoms with van der Waals surface area (Å²) in [4.78, 5) is 35.4. The minimum absolute atomic E-state index is 0.198. The highest BCUT2D eigenvalue weighted by Gasteiger charge is 2.39. The molecule has 1 fully saturated rings. The van der Waals surface area contributed by atoms with Gasteiger partial charge in [0.25, 0.3) is 0 Å². The van der Waals surface area contributed by atoms with Gasteiger partial charge in [0, 0.05) is 6.54 Å². The first kappa shape index (κ1) is 21.8. The van der Waals surface area contributed by atoms with E-state index >= 15 is 0 Å². The normalized spacial score (nSPS) is 16.8. The van der Waals surface area contributed by atoms with Gasteiger partial charge in [-0.2, -0.15) is 13.2 Å². The van der Waals surface area contributed by atoms with Crippen molar-refractivity contribution < 1.29 is 22.8 Å². The molecule has 30 heavy (non-hydrogen) atoms. The van der Waals surface area contributed by atoms with Crippen LogP contribution in [0, 0.1) is 0 Å². The molecule has 2 aromatic heterocycles. The van der Waals surface area contributed by atoms with Crippen LogP contribution in [0.2, 0.25) is 5.15 Å². The molecule has 0 aliphatic carbocycles. The molecule has 3 rings (SSSR count). The Balaban J connectivity index is 1.73. The molecule has 7 nitrogen and oxygen atoms in total. The van der Waals surface area contributed by atoms with Crippen molar-refractivity contribution in [1.29, 1.82) is 0 Å². The van der Waals surface area contributed by atoms with Crippen LogP contribution in [0.1, 0.15) is 25.5 Å². The third-order valence-corrected chi connectivity index (χ3v) is 4.83. The molecule has 1 aliphatic rings. The molecule has 0 bridgehead atoms. The van der Waals surface area contributed by atoms with Gasteiger partial charge < -0.3 is 10.2 Å². The number of aromatic nitrogens is 2. The van der Waals surface area contributed by atoms with Crippen molar-refractivity contribution in [3.8, 4) is 0 Å². The van der Waals surface area contributed by atoms with Gasteiger partial charge in [0.2, 0.25) is 5.91 Å². The van der Waals surface area contributed by atoms with Crippen molar-refractivity contribution in [3.63, 3.8) is 0 Å². The van der Waals surface area contributed by atoms with E-state index < -0.39 is 23.8 Å². The zero-order chi connectivity index (χ0) is 21.9. The molecule has 1 aliphatic heterocycles. The SMILES string of the molecule is CCC[C@H]1CN(c2ccc(C(F)(F)F)nc2)C(=O)N1CC(=O)Nc1ccc(Cl)nc1. The molecule has 0 spiro atoms. The first-order valence-corrected chi connectivity index (χ1v) is 9.59. The van der Waals surface area contributed by atoms with Crippen molar-refractivity contribution in [3.05, 3.63) is 47.5 Å². The minimum atomic E-state index is -4.56. The summed E-state index contributed by atoms with van der Waals surface area (Å²) in [5, 5.41) is 2.93. The van der Waals surface area contributed by atoms with E-state index in [0.29, 0.717) is 12.1 Å². The van der Waals surface area contributed by atoms with Gasteiger partial charge in [0.05, 0.1) is 29.8 Å². The molecule has 0 saturated carbocycles. The Morgan fingerprint density at radius 1 is 1.23 bits per heavy atom. The molecular weight excluding hydrogens is 423 g/mol. The molecule has 160 valence electrons. The second kappa shape index (κ2) is 8.86. The number of nitrogens with zero attached hydrogens (tertiary/aromatic N) is 4. The number of hydrogen-bond donors (Lipinski definition) is 1. The third-order valence-electron chi connectivity index (χ3n) is 4.61. The Labute approximate surface area is 175 Å². The summed E-state index contributed by atoms with van der Waals surface area (Å²) < 4.78 is 38.2. The number of urea groups is 1. The lowest BCUT2D eigenvalue weighted by molar-refractivity contribution is -0.141. The first-order chi connectivity index (χ1) is 14.2. The van der Waals surface area contributed by atoms with Crippen LogP contribution in [-0.2, 0) is 11.0 Å². The Hall–Kier alpha value is -2.88. The van der Waals surface area contributed by atoms with E-state index in [0.717, 1.165) is 18.7 Å². The zero-order valence-electron chi connectivity index (χ0n) is 16.0. The van der Waals surface area contributed by atoms with E-state index in [9.17, 15) is 22.8 Å². The van der Waals surface area contributed by atoms with Crippen LogP contribution in [0.4, 0.5) is 29.3 Å². The second-order valence-corrected chi connectivity index (χ2v) is 7.17. The van der Waals surface area contributed by atoms with Gasteiger partial charge in [0.15, 0.2) is 0 Å².